The van der Waals surface area contributed by atoms with Crippen LogP contribution in [0.5, 0.6) is 0 Å². The van der Waals surface area contributed by atoms with Crippen molar-refractivity contribution in [2.45, 2.75) is 0 Å². The van der Waals surface area contributed by atoms with Crippen LogP contribution >= 0.6 is 15.9 Å². The maximum atomic E-state index is 12.5. The topological polar surface area (TPSA) is 54.9 Å². The summed E-state index contributed by atoms with van der Waals surface area (Å²) in [6.07, 6.45) is 1.47. The maximum absolute atomic E-state index is 12.5. The lowest BCUT2D eigenvalue weighted by Gasteiger charge is -2.08. The average Bonchev–Trinajstić information content (AvgIpc) is 2.60. The monoisotopic (exact) mass is 377 g/mol. The SMILES string of the molecule is O=C(Nc1ncnc2cc3ccccc3cc12)c1cccc(Br)c1. The molecule has 4 rings (SSSR count). The van der Waals surface area contributed by atoms with Gasteiger partial charge in [-0.05, 0) is 41.1 Å². The van der Waals surface area contributed by atoms with E-state index in [9.17, 15) is 4.79 Å². The van der Waals surface area contributed by atoms with Crippen LogP contribution in [0.1, 0.15) is 10.4 Å². The Hall–Kier alpha value is -2.79. The predicted molar refractivity (Wildman–Crippen MR) is 99.1 cm³/mol. The fourth-order valence-electron chi connectivity index (χ4n) is 2.65. The Kier molecular flexibility index (Phi) is 3.70. The number of fused-ring (bicyclic) bond motifs is 2. The van der Waals surface area contributed by atoms with Gasteiger partial charge >= 0.3 is 0 Å². The molecular formula is C19H12BrN3O. The zero-order chi connectivity index (χ0) is 16.5. The summed E-state index contributed by atoms with van der Waals surface area (Å²) in [5.41, 5.74) is 1.37. The highest BCUT2D eigenvalue weighted by Gasteiger charge is 2.11. The zero-order valence-electron chi connectivity index (χ0n) is 12.5. The molecule has 116 valence electrons. The molecular weight excluding hydrogens is 366 g/mol. The van der Waals surface area contributed by atoms with E-state index in [2.05, 4.69) is 31.2 Å². The van der Waals surface area contributed by atoms with Crippen LogP contribution in [0.15, 0.2) is 71.5 Å². The Morgan fingerprint density at radius 2 is 1.71 bits per heavy atom. The van der Waals surface area contributed by atoms with Crippen LogP contribution in [0.2, 0.25) is 0 Å². The summed E-state index contributed by atoms with van der Waals surface area (Å²) in [6.45, 7) is 0. The highest BCUT2D eigenvalue weighted by molar-refractivity contribution is 9.10. The number of anilines is 1. The van der Waals surface area contributed by atoms with Crippen LogP contribution in [0.4, 0.5) is 5.82 Å². The third-order valence-corrected chi connectivity index (χ3v) is 4.31. The van der Waals surface area contributed by atoms with Crippen molar-refractivity contribution >= 4 is 49.3 Å². The minimum Gasteiger partial charge on any atom is -0.306 e. The number of hydrogen-bond donors (Lipinski definition) is 1. The van der Waals surface area contributed by atoms with Gasteiger partial charge in [-0.1, -0.05) is 46.3 Å². The molecule has 0 unspecified atom stereocenters. The molecule has 0 saturated carbocycles. The van der Waals surface area contributed by atoms with Crippen molar-refractivity contribution in [2.75, 3.05) is 5.32 Å². The highest BCUT2D eigenvalue weighted by Crippen LogP contribution is 2.26. The molecule has 1 aromatic heterocycles. The fourth-order valence-corrected chi connectivity index (χ4v) is 3.05. The van der Waals surface area contributed by atoms with E-state index in [1.54, 1.807) is 12.1 Å². The van der Waals surface area contributed by atoms with Gasteiger partial charge < -0.3 is 5.32 Å². The molecule has 0 bridgehead atoms. The van der Waals surface area contributed by atoms with Crippen molar-refractivity contribution in [2.24, 2.45) is 0 Å². The van der Waals surface area contributed by atoms with Crippen LogP contribution in [-0.4, -0.2) is 15.9 Å². The molecule has 1 amide bonds. The van der Waals surface area contributed by atoms with Gasteiger partial charge in [0.25, 0.3) is 5.91 Å². The van der Waals surface area contributed by atoms with Gasteiger partial charge in [0.1, 0.15) is 12.1 Å². The Bertz CT molecular complexity index is 1080. The Morgan fingerprint density at radius 1 is 0.917 bits per heavy atom. The molecule has 0 saturated heterocycles. The molecule has 0 aliphatic carbocycles. The van der Waals surface area contributed by atoms with E-state index < -0.39 is 0 Å². The first-order valence-electron chi connectivity index (χ1n) is 7.41. The van der Waals surface area contributed by atoms with Gasteiger partial charge in [0.15, 0.2) is 0 Å². The Labute approximate surface area is 146 Å². The second-order valence-electron chi connectivity index (χ2n) is 5.40. The molecule has 0 aliphatic rings. The average molecular weight is 378 g/mol. The summed E-state index contributed by atoms with van der Waals surface area (Å²) in [4.78, 5) is 21.0. The lowest BCUT2D eigenvalue weighted by molar-refractivity contribution is 0.102. The van der Waals surface area contributed by atoms with Crippen molar-refractivity contribution in [1.29, 1.82) is 0 Å². The van der Waals surface area contributed by atoms with Crippen molar-refractivity contribution in [3.63, 3.8) is 0 Å². The summed E-state index contributed by atoms with van der Waals surface area (Å²) in [6, 6.07) is 19.3. The molecule has 0 atom stereocenters. The number of hydrogen-bond acceptors (Lipinski definition) is 3. The number of aromatic nitrogens is 2. The van der Waals surface area contributed by atoms with E-state index in [0.29, 0.717) is 11.4 Å². The fraction of sp³-hybridized carbons (Fsp3) is 0. The molecule has 5 heteroatoms. The van der Waals surface area contributed by atoms with Gasteiger partial charge in [0.05, 0.1) is 5.52 Å². The number of nitrogens with zero attached hydrogens (tertiary/aromatic N) is 2. The lowest BCUT2D eigenvalue weighted by Crippen LogP contribution is -2.13. The number of carbonyl (C=O) groups is 1. The number of rotatable bonds is 2. The lowest BCUT2D eigenvalue weighted by atomic mass is 10.1. The molecule has 0 radical (unpaired) electrons. The van der Waals surface area contributed by atoms with Gasteiger partial charge in [-0.15, -0.1) is 0 Å². The smallest absolute Gasteiger partial charge is 0.256 e. The van der Waals surface area contributed by atoms with Crippen molar-refractivity contribution in [3.05, 3.63) is 77.0 Å². The summed E-state index contributed by atoms with van der Waals surface area (Å²) in [5.74, 6) is 0.306. The van der Waals surface area contributed by atoms with Gasteiger partial charge in [0.2, 0.25) is 0 Å². The molecule has 0 spiro atoms. The van der Waals surface area contributed by atoms with E-state index in [4.69, 9.17) is 0 Å². The predicted octanol–water partition coefficient (Wildman–Crippen LogP) is 4.80. The summed E-state index contributed by atoms with van der Waals surface area (Å²) in [7, 11) is 0. The third kappa shape index (κ3) is 2.74. The normalized spacial score (nSPS) is 10.9. The van der Waals surface area contributed by atoms with Gasteiger partial charge in [-0.2, -0.15) is 0 Å². The van der Waals surface area contributed by atoms with E-state index >= 15 is 0 Å². The van der Waals surface area contributed by atoms with Crippen LogP contribution in [0.25, 0.3) is 21.7 Å². The second-order valence-corrected chi connectivity index (χ2v) is 6.32. The van der Waals surface area contributed by atoms with E-state index in [-0.39, 0.29) is 5.91 Å². The van der Waals surface area contributed by atoms with Gasteiger partial charge in [-0.3, -0.25) is 4.79 Å². The molecule has 3 aromatic carbocycles. The molecule has 1 N–H and O–H groups in total. The second kappa shape index (κ2) is 6.02. The van der Waals surface area contributed by atoms with E-state index in [1.807, 2.05) is 48.5 Å². The molecule has 24 heavy (non-hydrogen) atoms. The molecule has 1 heterocycles. The number of benzene rings is 3. The van der Waals surface area contributed by atoms with E-state index in [0.717, 1.165) is 26.1 Å². The molecule has 0 aliphatic heterocycles. The minimum absolute atomic E-state index is 0.204. The molecule has 0 fully saturated rings. The number of carbonyl (C=O) groups excluding carboxylic acids is 1. The van der Waals surface area contributed by atoms with Crippen molar-refractivity contribution < 1.29 is 4.79 Å². The largest absolute Gasteiger partial charge is 0.306 e. The first kappa shape index (κ1) is 14.8. The van der Waals surface area contributed by atoms with Crippen molar-refractivity contribution in [1.82, 2.24) is 9.97 Å². The quantitative estimate of drug-likeness (QED) is 0.510. The van der Waals surface area contributed by atoms with Crippen LogP contribution in [0.3, 0.4) is 0 Å². The maximum Gasteiger partial charge on any atom is 0.256 e. The number of amides is 1. The molecule has 4 aromatic rings. The minimum atomic E-state index is -0.204. The summed E-state index contributed by atoms with van der Waals surface area (Å²) < 4.78 is 0.855. The Balaban J connectivity index is 1.79. The number of nitrogens with one attached hydrogen (secondary N) is 1. The summed E-state index contributed by atoms with van der Waals surface area (Å²) in [5, 5.41) is 5.89. The Morgan fingerprint density at radius 3 is 2.50 bits per heavy atom. The highest BCUT2D eigenvalue weighted by atomic mass is 79.9. The van der Waals surface area contributed by atoms with Gasteiger partial charge in [-0.25, -0.2) is 9.97 Å². The summed E-state index contributed by atoms with van der Waals surface area (Å²) >= 11 is 3.38. The molecule has 4 nitrogen and oxygen atoms in total. The van der Waals surface area contributed by atoms with Crippen LogP contribution in [0, 0.1) is 0 Å². The zero-order valence-corrected chi connectivity index (χ0v) is 14.1. The van der Waals surface area contributed by atoms with Gasteiger partial charge in [0, 0.05) is 15.4 Å². The van der Waals surface area contributed by atoms with E-state index in [1.165, 1.54) is 6.33 Å². The van der Waals surface area contributed by atoms with Crippen molar-refractivity contribution in [3.8, 4) is 0 Å². The first-order chi connectivity index (χ1) is 11.7. The first-order valence-corrected chi connectivity index (χ1v) is 8.20. The van der Waals surface area contributed by atoms with Crippen LogP contribution in [-0.2, 0) is 0 Å². The number of halogens is 1. The van der Waals surface area contributed by atoms with Crippen LogP contribution < -0.4 is 5.32 Å². The standard InChI is InChI=1S/C19H12BrN3O/c20-15-7-3-6-14(8-15)19(24)23-18-16-9-12-4-1-2-5-13(12)10-17(16)21-11-22-18/h1-11H,(H,21,22,23,24). The third-order valence-electron chi connectivity index (χ3n) is 3.82.